The molecule has 2 nitrogen and oxygen atoms in total. The second-order valence-electron chi connectivity index (χ2n) is 6.84. The molecule has 1 rings (SSSR count). The lowest BCUT2D eigenvalue weighted by molar-refractivity contribution is -0.123. The van der Waals surface area contributed by atoms with Crippen molar-refractivity contribution in [3.63, 3.8) is 0 Å². The zero-order valence-electron chi connectivity index (χ0n) is 12.5. The summed E-state index contributed by atoms with van der Waals surface area (Å²) in [4.78, 5) is 11.9. The Labute approximate surface area is 120 Å². The van der Waals surface area contributed by atoms with Crippen LogP contribution in [-0.4, -0.2) is 16.3 Å². The number of rotatable bonds is 4. The molecule has 18 heavy (non-hydrogen) atoms. The highest BCUT2D eigenvalue weighted by molar-refractivity contribution is 9.10. The molecular weight excluding hydrogens is 290 g/mol. The second-order valence-corrected chi connectivity index (χ2v) is 8.82. The summed E-state index contributed by atoms with van der Waals surface area (Å²) in [6.45, 7) is 10.8. The van der Waals surface area contributed by atoms with Crippen molar-refractivity contribution in [3.05, 3.63) is 0 Å². The predicted octanol–water partition coefficient (Wildman–Crippen LogP) is 4.27. The number of nitrogens with one attached hydrogen (secondary N) is 1. The topological polar surface area (TPSA) is 29.1 Å². The van der Waals surface area contributed by atoms with Gasteiger partial charge in [-0.25, -0.2) is 0 Å². The highest BCUT2D eigenvalue weighted by atomic mass is 79.9. The van der Waals surface area contributed by atoms with E-state index in [2.05, 4.69) is 42.0 Å². The molecule has 0 aromatic heterocycles. The first-order chi connectivity index (χ1) is 8.16. The van der Waals surface area contributed by atoms with Gasteiger partial charge in [0, 0.05) is 6.04 Å². The monoisotopic (exact) mass is 317 g/mol. The van der Waals surface area contributed by atoms with E-state index in [9.17, 15) is 4.79 Å². The van der Waals surface area contributed by atoms with Crippen molar-refractivity contribution < 1.29 is 4.79 Å². The summed E-state index contributed by atoms with van der Waals surface area (Å²) in [6, 6.07) is 0.373. The van der Waals surface area contributed by atoms with Crippen LogP contribution >= 0.6 is 15.9 Å². The van der Waals surface area contributed by atoms with Crippen molar-refractivity contribution in [3.8, 4) is 0 Å². The molecule has 0 spiro atoms. The van der Waals surface area contributed by atoms with Crippen molar-refractivity contribution >= 4 is 21.8 Å². The fourth-order valence-corrected chi connectivity index (χ4v) is 2.78. The van der Waals surface area contributed by atoms with Crippen LogP contribution < -0.4 is 5.32 Å². The van der Waals surface area contributed by atoms with Gasteiger partial charge in [-0.2, -0.15) is 0 Å². The number of carbonyl (C=O) groups is 1. The zero-order chi connectivity index (χ0) is 14.0. The van der Waals surface area contributed by atoms with Crippen LogP contribution in [0.4, 0.5) is 0 Å². The quantitative estimate of drug-likeness (QED) is 0.771. The normalized spacial score (nSPS) is 25.9. The summed E-state index contributed by atoms with van der Waals surface area (Å²) in [6.07, 6.45) is 5.98. The minimum atomic E-state index is -0.452. The summed E-state index contributed by atoms with van der Waals surface area (Å²) >= 11 is 3.41. The van der Waals surface area contributed by atoms with Gasteiger partial charge in [-0.1, -0.05) is 43.1 Å². The smallest absolute Gasteiger partial charge is 0.236 e. The van der Waals surface area contributed by atoms with E-state index in [0.717, 1.165) is 18.8 Å². The summed E-state index contributed by atoms with van der Waals surface area (Å²) < 4.78 is -0.452. The fourth-order valence-electron chi connectivity index (χ4n) is 2.66. The highest BCUT2D eigenvalue weighted by Crippen LogP contribution is 2.40. The molecule has 3 heteroatoms. The van der Waals surface area contributed by atoms with E-state index in [4.69, 9.17) is 0 Å². The van der Waals surface area contributed by atoms with Crippen LogP contribution in [0.5, 0.6) is 0 Å². The van der Waals surface area contributed by atoms with Gasteiger partial charge >= 0.3 is 0 Å². The van der Waals surface area contributed by atoms with Crippen molar-refractivity contribution in [2.75, 3.05) is 0 Å². The van der Waals surface area contributed by atoms with Gasteiger partial charge in [-0.15, -0.1) is 0 Å². The summed E-state index contributed by atoms with van der Waals surface area (Å²) in [5, 5.41) is 3.16. The average molecular weight is 318 g/mol. The molecule has 1 saturated carbocycles. The molecule has 1 N–H and O–H groups in total. The van der Waals surface area contributed by atoms with Gasteiger partial charge in [-0.3, -0.25) is 4.79 Å². The molecule has 0 unspecified atom stereocenters. The highest BCUT2D eigenvalue weighted by Gasteiger charge is 2.33. The average Bonchev–Trinajstić information content (AvgIpc) is 2.28. The van der Waals surface area contributed by atoms with Crippen molar-refractivity contribution in [1.82, 2.24) is 5.32 Å². The lowest BCUT2D eigenvalue weighted by atomic mass is 9.69. The first kappa shape index (κ1) is 16.0. The van der Waals surface area contributed by atoms with E-state index >= 15 is 0 Å². The van der Waals surface area contributed by atoms with Crippen LogP contribution in [0.1, 0.15) is 66.7 Å². The molecular formula is C15H28BrNO. The maximum absolute atomic E-state index is 11.9. The Hall–Kier alpha value is -0.0500. The SMILES string of the molecule is CCC(C)(C)C1CCC(NC(=O)C(C)(C)Br)CC1. The molecule has 1 fully saturated rings. The van der Waals surface area contributed by atoms with Gasteiger partial charge in [0.2, 0.25) is 5.91 Å². The number of hydrogen-bond donors (Lipinski definition) is 1. The Morgan fingerprint density at radius 1 is 1.17 bits per heavy atom. The second kappa shape index (κ2) is 5.94. The Bertz CT molecular complexity index is 285. The Morgan fingerprint density at radius 2 is 1.67 bits per heavy atom. The molecule has 1 aliphatic carbocycles. The Balaban J connectivity index is 2.43. The first-order valence-corrected chi connectivity index (χ1v) is 7.96. The molecule has 0 saturated heterocycles. The van der Waals surface area contributed by atoms with Gasteiger partial charge in [0.1, 0.15) is 0 Å². The van der Waals surface area contributed by atoms with Gasteiger partial charge in [0.05, 0.1) is 4.32 Å². The standard InChI is InChI=1S/C15H28BrNO/c1-6-14(2,3)11-7-9-12(10-8-11)17-13(18)15(4,5)16/h11-12H,6-10H2,1-5H3,(H,17,18). The van der Waals surface area contributed by atoms with Crippen molar-refractivity contribution in [2.24, 2.45) is 11.3 Å². The third-order valence-corrected chi connectivity index (χ3v) is 4.98. The Morgan fingerprint density at radius 3 is 2.06 bits per heavy atom. The van der Waals surface area contributed by atoms with Gasteiger partial charge < -0.3 is 5.32 Å². The molecule has 0 atom stereocenters. The molecule has 0 aliphatic heterocycles. The van der Waals surface area contributed by atoms with Crippen molar-refractivity contribution in [1.29, 1.82) is 0 Å². The predicted molar refractivity (Wildman–Crippen MR) is 81.0 cm³/mol. The van der Waals surface area contributed by atoms with Crippen LogP contribution in [0.15, 0.2) is 0 Å². The van der Waals surface area contributed by atoms with E-state index < -0.39 is 4.32 Å². The van der Waals surface area contributed by atoms with Crippen LogP contribution in [0.25, 0.3) is 0 Å². The molecule has 0 bridgehead atoms. The van der Waals surface area contributed by atoms with E-state index in [0.29, 0.717) is 11.5 Å². The van der Waals surface area contributed by atoms with Crippen LogP contribution in [-0.2, 0) is 4.79 Å². The maximum atomic E-state index is 11.9. The van der Waals surface area contributed by atoms with Gasteiger partial charge in [-0.05, 0) is 50.9 Å². The van der Waals surface area contributed by atoms with Crippen LogP contribution in [0.2, 0.25) is 0 Å². The van der Waals surface area contributed by atoms with Gasteiger partial charge in [0.25, 0.3) is 0 Å². The largest absolute Gasteiger partial charge is 0.352 e. The van der Waals surface area contributed by atoms with Crippen LogP contribution in [0, 0.1) is 11.3 Å². The Kier molecular flexibility index (Phi) is 5.28. The molecule has 1 amide bonds. The maximum Gasteiger partial charge on any atom is 0.236 e. The molecule has 0 heterocycles. The molecule has 1 aliphatic rings. The van der Waals surface area contributed by atoms with E-state index in [1.54, 1.807) is 0 Å². The molecule has 0 aromatic rings. The minimum Gasteiger partial charge on any atom is -0.352 e. The number of hydrogen-bond acceptors (Lipinski definition) is 1. The lowest BCUT2D eigenvalue weighted by Gasteiger charge is -2.39. The number of alkyl halides is 1. The molecule has 0 radical (unpaired) electrons. The molecule has 0 aromatic carbocycles. The van der Waals surface area contributed by atoms with Gasteiger partial charge in [0.15, 0.2) is 0 Å². The summed E-state index contributed by atoms with van der Waals surface area (Å²) in [5.74, 6) is 0.924. The fraction of sp³-hybridized carbons (Fsp3) is 0.933. The number of amides is 1. The summed E-state index contributed by atoms with van der Waals surface area (Å²) in [5.41, 5.74) is 0.448. The third-order valence-electron chi connectivity index (χ3n) is 4.62. The van der Waals surface area contributed by atoms with E-state index in [1.165, 1.54) is 19.3 Å². The zero-order valence-corrected chi connectivity index (χ0v) is 14.1. The lowest BCUT2D eigenvalue weighted by Crippen LogP contribution is -2.45. The summed E-state index contributed by atoms with van der Waals surface area (Å²) in [7, 11) is 0. The minimum absolute atomic E-state index is 0.112. The van der Waals surface area contributed by atoms with E-state index in [1.807, 2.05) is 13.8 Å². The molecule has 106 valence electrons. The first-order valence-electron chi connectivity index (χ1n) is 7.16. The third kappa shape index (κ3) is 4.25. The number of carbonyl (C=O) groups excluding carboxylic acids is 1. The van der Waals surface area contributed by atoms with Crippen LogP contribution in [0.3, 0.4) is 0 Å². The van der Waals surface area contributed by atoms with E-state index in [-0.39, 0.29) is 5.91 Å². The van der Waals surface area contributed by atoms with Crippen molar-refractivity contribution in [2.45, 2.75) is 77.1 Å². The number of halogens is 1.